The van der Waals surface area contributed by atoms with Crippen molar-refractivity contribution >= 4 is 17.9 Å². The summed E-state index contributed by atoms with van der Waals surface area (Å²) in [5.74, 6) is -3.80. The minimum absolute atomic E-state index is 0.0136. The van der Waals surface area contributed by atoms with Gasteiger partial charge < -0.3 is 20.1 Å². The van der Waals surface area contributed by atoms with Gasteiger partial charge in [0.1, 0.15) is 12.0 Å². The van der Waals surface area contributed by atoms with Crippen molar-refractivity contribution in [1.82, 2.24) is 0 Å². The average molecular weight is 529 g/mol. The van der Waals surface area contributed by atoms with E-state index < -0.39 is 35.5 Å². The van der Waals surface area contributed by atoms with Crippen molar-refractivity contribution in [2.45, 2.75) is 161 Å². The van der Waals surface area contributed by atoms with Crippen molar-refractivity contribution in [3.05, 3.63) is 0 Å². The zero-order chi connectivity index (χ0) is 28.0. The Morgan fingerprint density at radius 1 is 0.514 bits per heavy atom. The lowest BCUT2D eigenvalue weighted by Crippen LogP contribution is -2.60. The predicted molar refractivity (Wildman–Crippen MR) is 148 cm³/mol. The summed E-state index contributed by atoms with van der Waals surface area (Å²) in [6.45, 7) is 5.59. The monoisotopic (exact) mass is 528 g/mol. The van der Waals surface area contributed by atoms with Crippen LogP contribution in [0, 0.1) is 5.41 Å². The molecule has 7 heteroatoms. The molecule has 0 heterocycles. The van der Waals surface area contributed by atoms with Gasteiger partial charge in [-0.25, -0.2) is 9.59 Å². The third kappa shape index (κ3) is 13.1. The van der Waals surface area contributed by atoms with E-state index in [1.165, 1.54) is 0 Å². The Hall–Kier alpha value is -1.63. The Morgan fingerprint density at radius 2 is 0.865 bits per heavy atom. The topological polar surface area (TPSA) is 121 Å². The number of ether oxygens (including phenoxy) is 1. The van der Waals surface area contributed by atoms with Crippen LogP contribution >= 0.6 is 0 Å². The number of hydrogen-bond donors (Lipinski definition) is 3. The Labute approximate surface area is 225 Å². The largest absolute Gasteiger partial charge is 0.481 e. The van der Waals surface area contributed by atoms with Gasteiger partial charge in [0, 0.05) is 0 Å². The lowest BCUT2D eigenvalue weighted by atomic mass is 9.63. The second kappa shape index (κ2) is 21.3. The maximum absolute atomic E-state index is 13.0. The average Bonchev–Trinajstić information content (AvgIpc) is 2.85. The molecule has 218 valence electrons. The molecule has 0 saturated carbocycles. The third-order valence-corrected chi connectivity index (χ3v) is 7.77. The van der Waals surface area contributed by atoms with Crippen molar-refractivity contribution in [1.29, 1.82) is 0 Å². The van der Waals surface area contributed by atoms with Crippen LogP contribution in [0.1, 0.15) is 156 Å². The number of hydrogen-bond acceptors (Lipinski definition) is 4. The van der Waals surface area contributed by atoms with Crippen LogP contribution in [0.4, 0.5) is 0 Å². The van der Waals surface area contributed by atoms with E-state index in [-0.39, 0.29) is 19.3 Å². The molecule has 1 atom stereocenters. The Morgan fingerprint density at radius 3 is 1.19 bits per heavy atom. The molecular formula is C30H56O7. The van der Waals surface area contributed by atoms with Crippen molar-refractivity contribution < 1.29 is 34.4 Å². The molecule has 0 aliphatic carbocycles. The van der Waals surface area contributed by atoms with E-state index in [0.29, 0.717) is 19.3 Å². The minimum Gasteiger partial charge on any atom is -0.481 e. The highest BCUT2D eigenvalue weighted by atomic mass is 16.5. The third-order valence-electron chi connectivity index (χ3n) is 7.77. The summed E-state index contributed by atoms with van der Waals surface area (Å²) in [7, 11) is 0. The van der Waals surface area contributed by atoms with Gasteiger partial charge in [0.15, 0.2) is 5.60 Å². The first-order valence-corrected chi connectivity index (χ1v) is 15.1. The quantitative estimate of drug-likeness (QED) is 0.0918. The van der Waals surface area contributed by atoms with Crippen molar-refractivity contribution in [2.24, 2.45) is 5.41 Å². The molecule has 37 heavy (non-hydrogen) atoms. The normalized spacial score (nSPS) is 13.4. The van der Waals surface area contributed by atoms with Gasteiger partial charge >= 0.3 is 17.9 Å². The summed E-state index contributed by atoms with van der Waals surface area (Å²) < 4.78 is 5.72. The molecule has 7 nitrogen and oxygen atoms in total. The lowest BCUT2D eigenvalue weighted by Gasteiger charge is -2.45. The second-order valence-corrected chi connectivity index (χ2v) is 10.8. The highest BCUT2D eigenvalue weighted by Crippen LogP contribution is 2.48. The molecule has 0 rings (SSSR count). The lowest BCUT2D eigenvalue weighted by molar-refractivity contribution is -0.208. The first-order chi connectivity index (χ1) is 17.7. The number of aliphatic carboxylic acids is 3. The summed E-state index contributed by atoms with van der Waals surface area (Å²) in [6.07, 6.45) is 17.3. The summed E-state index contributed by atoms with van der Waals surface area (Å²) in [6, 6.07) is 0. The molecule has 3 N–H and O–H groups in total. The molecule has 0 aromatic heterocycles. The molecule has 0 spiro atoms. The van der Waals surface area contributed by atoms with Gasteiger partial charge in [0.25, 0.3) is 0 Å². The van der Waals surface area contributed by atoms with Crippen LogP contribution in [0.25, 0.3) is 0 Å². The second-order valence-electron chi connectivity index (χ2n) is 10.8. The number of rotatable bonds is 27. The van der Waals surface area contributed by atoms with E-state index >= 15 is 0 Å². The van der Waals surface area contributed by atoms with Crippen molar-refractivity contribution in [2.75, 3.05) is 6.61 Å². The van der Waals surface area contributed by atoms with Gasteiger partial charge in [0.05, 0.1) is 0 Å². The molecule has 0 aliphatic rings. The fourth-order valence-corrected chi connectivity index (χ4v) is 5.49. The molecule has 0 aromatic carbocycles. The highest BCUT2D eigenvalue weighted by molar-refractivity contribution is 5.89. The van der Waals surface area contributed by atoms with E-state index in [1.54, 1.807) is 0 Å². The molecule has 0 amide bonds. The van der Waals surface area contributed by atoms with Gasteiger partial charge in [-0.15, -0.1) is 0 Å². The summed E-state index contributed by atoms with van der Waals surface area (Å²) in [5.41, 5.74) is -3.72. The first kappa shape index (κ1) is 35.4. The molecule has 0 fully saturated rings. The molecule has 1 unspecified atom stereocenters. The molecule has 0 aliphatic heterocycles. The maximum atomic E-state index is 13.0. The van der Waals surface area contributed by atoms with Crippen LogP contribution in [0.3, 0.4) is 0 Å². The van der Waals surface area contributed by atoms with Crippen LogP contribution in [0.5, 0.6) is 0 Å². The van der Waals surface area contributed by atoms with Crippen LogP contribution in [-0.4, -0.2) is 45.4 Å². The number of unbranched alkanes of at least 4 members (excludes halogenated alkanes) is 15. The Bertz CT molecular complexity index is 603. The maximum Gasteiger partial charge on any atom is 0.337 e. The van der Waals surface area contributed by atoms with E-state index in [4.69, 9.17) is 4.74 Å². The summed E-state index contributed by atoms with van der Waals surface area (Å²) in [4.78, 5) is 37.4. The summed E-state index contributed by atoms with van der Waals surface area (Å²) in [5, 5.41) is 30.5. The predicted octanol–water partition coefficient (Wildman–Crippen LogP) is 8.23. The van der Waals surface area contributed by atoms with E-state index in [1.807, 2.05) is 0 Å². The fraction of sp³-hybridized carbons (Fsp3) is 0.900. The van der Waals surface area contributed by atoms with E-state index in [0.717, 1.165) is 96.3 Å². The Balaban J connectivity index is 6.00. The molecule has 0 bridgehead atoms. The van der Waals surface area contributed by atoms with Crippen LogP contribution < -0.4 is 0 Å². The van der Waals surface area contributed by atoms with Gasteiger partial charge in [-0.2, -0.15) is 0 Å². The van der Waals surface area contributed by atoms with Gasteiger partial charge in [-0.05, 0) is 25.7 Å². The van der Waals surface area contributed by atoms with Crippen molar-refractivity contribution in [3.8, 4) is 0 Å². The number of carboxylic acids is 3. The molecule has 0 saturated heterocycles. The number of carboxylic acid groups (broad SMARTS) is 3. The number of carbonyl (C=O) groups is 3. The molecule has 0 radical (unpaired) electrons. The molecule has 0 aromatic rings. The Kier molecular flexibility index (Phi) is 20.4. The fourth-order valence-electron chi connectivity index (χ4n) is 5.49. The SMILES string of the molecule is CCCCCCCCC(CCCCCCCC)(C(=O)O)C(CCCCCCCC)(OCC(=O)O)C(=O)O. The van der Waals surface area contributed by atoms with Crippen LogP contribution in [0.2, 0.25) is 0 Å². The first-order valence-electron chi connectivity index (χ1n) is 15.1. The van der Waals surface area contributed by atoms with Crippen LogP contribution in [-0.2, 0) is 19.1 Å². The van der Waals surface area contributed by atoms with Gasteiger partial charge in [0.2, 0.25) is 0 Å². The van der Waals surface area contributed by atoms with Crippen molar-refractivity contribution in [3.63, 3.8) is 0 Å². The molecular weight excluding hydrogens is 472 g/mol. The summed E-state index contributed by atoms with van der Waals surface area (Å²) >= 11 is 0. The minimum atomic E-state index is -2.06. The van der Waals surface area contributed by atoms with Gasteiger partial charge in [-0.1, -0.05) is 130 Å². The smallest absolute Gasteiger partial charge is 0.337 e. The van der Waals surface area contributed by atoms with Crippen LogP contribution in [0.15, 0.2) is 0 Å². The zero-order valence-corrected chi connectivity index (χ0v) is 24.0. The van der Waals surface area contributed by atoms with E-state index in [2.05, 4.69) is 20.8 Å². The zero-order valence-electron chi connectivity index (χ0n) is 24.0. The standard InChI is InChI=1S/C30H56O7/c1-4-7-10-13-16-19-22-29(27(33)34,23-20-17-14-11-8-5-2)30(28(35)36,37-25-26(31)32)24-21-18-15-12-9-6-3/h4-25H2,1-3H3,(H,31,32)(H,33,34)(H,35,36). The highest BCUT2D eigenvalue weighted by Gasteiger charge is 2.61. The van der Waals surface area contributed by atoms with E-state index in [9.17, 15) is 29.7 Å². The van der Waals surface area contributed by atoms with Gasteiger partial charge in [-0.3, -0.25) is 4.79 Å².